The number of hydrogen-bond donors (Lipinski definition) is 1. The third-order valence-electron chi connectivity index (χ3n) is 3.52. The highest BCUT2D eigenvalue weighted by Gasteiger charge is 2.22. The van der Waals surface area contributed by atoms with E-state index in [-0.39, 0.29) is 0 Å². The summed E-state index contributed by atoms with van der Waals surface area (Å²) in [5, 5.41) is 10.8. The van der Waals surface area contributed by atoms with E-state index in [1.807, 2.05) is 36.4 Å². The fourth-order valence-electron chi connectivity index (χ4n) is 2.26. The maximum atomic E-state index is 11.6. The van der Waals surface area contributed by atoms with Crippen LogP contribution in [0.25, 0.3) is 0 Å². The Balaban J connectivity index is 1.74. The van der Waals surface area contributed by atoms with Gasteiger partial charge in [-0.15, -0.1) is 0 Å². The molecule has 0 saturated carbocycles. The summed E-state index contributed by atoms with van der Waals surface area (Å²) < 4.78 is 5.61. The number of aliphatic carboxylic acids is 1. The molecule has 26 heavy (non-hydrogen) atoms. The van der Waals surface area contributed by atoms with Crippen LogP contribution in [-0.2, 0) is 4.79 Å². The molecule has 132 valence electrons. The molecule has 1 atom stereocenters. The van der Waals surface area contributed by atoms with E-state index < -0.39 is 12.1 Å². The monoisotopic (exact) mass is 404 g/mol. The smallest absolute Gasteiger partial charge is 0.349 e. The van der Waals surface area contributed by atoms with Gasteiger partial charge in [0.15, 0.2) is 0 Å². The second-order valence-electron chi connectivity index (χ2n) is 5.42. The van der Waals surface area contributed by atoms with E-state index in [1.165, 1.54) is 0 Å². The third-order valence-corrected chi connectivity index (χ3v) is 5.04. The number of benzene rings is 3. The lowest BCUT2D eigenvalue weighted by Gasteiger charge is -2.16. The van der Waals surface area contributed by atoms with Gasteiger partial charge in [0.25, 0.3) is 0 Å². The van der Waals surface area contributed by atoms with Crippen molar-refractivity contribution in [1.29, 1.82) is 0 Å². The molecule has 0 aromatic heterocycles. The Bertz CT molecular complexity index is 878. The van der Waals surface area contributed by atoms with E-state index in [4.69, 9.17) is 27.9 Å². The molecule has 0 bridgehead atoms. The van der Waals surface area contributed by atoms with E-state index >= 15 is 0 Å². The van der Waals surface area contributed by atoms with Crippen molar-refractivity contribution in [3.05, 3.63) is 88.4 Å². The molecule has 0 aliphatic carbocycles. The van der Waals surface area contributed by atoms with Crippen LogP contribution < -0.4 is 4.74 Å². The van der Waals surface area contributed by atoms with Crippen molar-refractivity contribution in [1.82, 2.24) is 0 Å². The van der Waals surface area contributed by atoms with Gasteiger partial charge in [-0.3, -0.25) is 0 Å². The number of carboxylic acid groups (broad SMARTS) is 1. The van der Waals surface area contributed by atoms with Gasteiger partial charge in [0.1, 0.15) is 5.75 Å². The molecular formula is C20H14Cl2O3S. The van der Waals surface area contributed by atoms with Crippen molar-refractivity contribution >= 4 is 40.9 Å². The Morgan fingerprint density at radius 3 is 1.77 bits per heavy atom. The van der Waals surface area contributed by atoms with Crippen LogP contribution in [0.15, 0.2) is 82.6 Å². The van der Waals surface area contributed by atoms with Crippen LogP contribution in [0.5, 0.6) is 5.75 Å². The Morgan fingerprint density at radius 2 is 1.27 bits per heavy atom. The van der Waals surface area contributed by atoms with Crippen LogP contribution in [0.1, 0.15) is 11.7 Å². The molecule has 0 aliphatic rings. The first-order chi connectivity index (χ1) is 12.5. The number of carbonyl (C=O) groups is 1. The number of hydrogen-bond acceptors (Lipinski definition) is 3. The van der Waals surface area contributed by atoms with Crippen LogP contribution in [0.4, 0.5) is 0 Å². The molecule has 0 amide bonds. The minimum Gasteiger partial charge on any atom is -0.478 e. The maximum absolute atomic E-state index is 11.6. The lowest BCUT2D eigenvalue weighted by Crippen LogP contribution is -2.18. The van der Waals surface area contributed by atoms with Gasteiger partial charge in [-0.25, -0.2) is 4.79 Å². The molecule has 1 N–H and O–H groups in total. The zero-order valence-electron chi connectivity index (χ0n) is 13.4. The van der Waals surface area contributed by atoms with Crippen LogP contribution in [-0.4, -0.2) is 11.1 Å². The van der Waals surface area contributed by atoms with Crippen LogP contribution in [0, 0.1) is 0 Å². The summed E-state index contributed by atoms with van der Waals surface area (Å²) in [4.78, 5) is 13.7. The van der Waals surface area contributed by atoms with E-state index in [0.29, 0.717) is 21.4 Å². The van der Waals surface area contributed by atoms with Crippen LogP contribution >= 0.6 is 35.0 Å². The third kappa shape index (κ3) is 4.94. The van der Waals surface area contributed by atoms with Crippen molar-refractivity contribution in [2.45, 2.75) is 15.9 Å². The SMILES string of the molecule is O=C(O)C(Oc1ccc(Cl)cc1)c1ccc(Sc2ccc(Cl)cc2)cc1. The van der Waals surface area contributed by atoms with Gasteiger partial charge >= 0.3 is 5.97 Å². The molecular weight excluding hydrogens is 391 g/mol. The molecule has 3 nitrogen and oxygen atoms in total. The van der Waals surface area contributed by atoms with E-state index in [1.54, 1.807) is 48.2 Å². The quantitative estimate of drug-likeness (QED) is 0.519. The molecule has 3 rings (SSSR count). The van der Waals surface area contributed by atoms with E-state index in [0.717, 1.165) is 9.79 Å². The molecule has 0 fully saturated rings. The predicted octanol–water partition coefficient (Wildman–Crippen LogP) is 6.35. The highest BCUT2D eigenvalue weighted by atomic mass is 35.5. The van der Waals surface area contributed by atoms with E-state index in [9.17, 15) is 9.90 Å². The summed E-state index contributed by atoms with van der Waals surface area (Å²) in [5.41, 5.74) is 0.563. The van der Waals surface area contributed by atoms with Crippen molar-refractivity contribution in [2.75, 3.05) is 0 Å². The Hall–Kier alpha value is -2.14. The first kappa shape index (κ1) is 18.6. The van der Waals surface area contributed by atoms with Gasteiger partial charge in [0.05, 0.1) is 0 Å². The highest BCUT2D eigenvalue weighted by Crippen LogP contribution is 2.30. The standard InChI is InChI=1S/C20H14Cl2O3S/c21-14-3-7-16(8-4-14)25-19(20(23)24)13-1-9-17(10-2-13)26-18-11-5-15(22)6-12-18/h1-12,19H,(H,23,24). The summed E-state index contributed by atoms with van der Waals surface area (Å²) in [7, 11) is 0. The number of carboxylic acids is 1. The Kier molecular flexibility index (Phi) is 6.09. The summed E-state index contributed by atoms with van der Waals surface area (Å²) >= 11 is 13.3. The fourth-order valence-corrected chi connectivity index (χ4v) is 3.33. The highest BCUT2D eigenvalue weighted by molar-refractivity contribution is 7.99. The lowest BCUT2D eigenvalue weighted by molar-refractivity contribution is -0.145. The first-order valence-corrected chi connectivity index (χ1v) is 9.27. The Morgan fingerprint density at radius 1 is 0.808 bits per heavy atom. The van der Waals surface area contributed by atoms with Crippen molar-refractivity contribution in [2.24, 2.45) is 0 Å². The topological polar surface area (TPSA) is 46.5 Å². The zero-order chi connectivity index (χ0) is 18.5. The normalized spacial score (nSPS) is 11.8. The minimum atomic E-state index is -1.09. The average molecular weight is 405 g/mol. The lowest BCUT2D eigenvalue weighted by atomic mass is 10.1. The second kappa shape index (κ2) is 8.49. The second-order valence-corrected chi connectivity index (χ2v) is 7.43. The molecule has 0 heterocycles. The van der Waals surface area contributed by atoms with Crippen molar-refractivity contribution in [3.63, 3.8) is 0 Å². The average Bonchev–Trinajstić information content (AvgIpc) is 2.64. The van der Waals surface area contributed by atoms with Gasteiger partial charge in [0.2, 0.25) is 6.10 Å². The summed E-state index contributed by atoms with van der Waals surface area (Å²) in [6, 6.07) is 21.4. The predicted molar refractivity (Wildman–Crippen MR) is 104 cm³/mol. The van der Waals surface area contributed by atoms with Crippen LogP contribution in [0.2, 0.25) is 10.0 Å². The molecule has 3 aromatic carbocycles. The van der Waals surface area contributed by atoms with Crippen molar-refractivity contribution < 1.29 is 14.6 Å². The zero-order valence-corrected chi connectivity index (χ0v) is 15.8. The Labute approximate surface area is 165 Å². The van der Waals surface area contributed by atoms with Gasteiger partial charge in [-0.05, 0) is 60.7 Å². The molecule has 0 spiro atoms. The molecule has 0 radical (unpaired) electrons. The number of rotatable bonds is 6. The van der Waals surface area contributed by atoms with Gasteiger partial charge in [0, 0.05) is 25.4 Å². The molecule has 1 unspecified atom stereocenters. The van der Waals surface area contributed by atoms with Crippen molar-refractivity contribution in [3.8, 4) is 5.75 Å². The summed E-state index contributed by atoms with van der Waals surface area (Å²) in [6.45, 7) is 0. The minimum absolute atomic E-state index is 0.446. The van der Waals surface area contributed by atoms with Gasteiger partial charge in [-0.1, -0.05) is 47.1 Å². The molecule has 0 aliphatic heterocycles. The molecule has 0 saturated heterocycles. The first-order valence-electron chi connectivity index (χ1n) is 7.70. The van der Waals surface area contributed by atoms with Crippen LogP contribution in [0.3, 0.4) is 0 Å². The maximum Gasteiger partial charge on any atom is 0.349 e. The summed E-state index contributed by atoms with van der Waals surface area (Å²) in [5.74, 6) is -0.612. The molecule has 3 aromatic rings. The largest absolute Gasteiger partial charge is 0.478 e. The number of ether oxygens (including phenoxy) is 1. The molecule has 6 heteroatoms. The van der Waals surface area contributed by atoms with E-state index in [2.05, 4.69) is 0 Å². The van der Waals surface area contributed by atoms with Gasteiger partial charge < -0.3 is 9.84 Å². The fraction of sp³-hybridized carbons (Fsp3) is 0.0500. The summed E-state index contributed by atoms with van der Waals surface area (Å²) in [6.07, 6.45) is -1.09. The number of halogens is 2. The van der Waals surface area contributed by atoms with Gasteiger partial charge in [-0.2, -0.15) is 0 Å².